The summed E-state index contributed by atoms with van der Waals surface area (Å²) in [6.07, 6.45) is 1.56. The summed E-state index contributed by atoms with van der Waals surface area (Å²) in [6.45, 7) is 3.26. The Hall–Kier alpha value is -2.17. The number of hydrogen-bond acceptors (Lipinski definition) is 4. The number of carboxylic acids is 1. The molecule has 19 heavy (non-hydrogen) atoms. The van der Waals surface area contributed by atoms with Gasteiger partial charge in [-0.15, -0.1) is 0 Å². The Labute approximate surface area is 110 Å². The highest BCUT2D eigenvalue weighted by atomic mass is 16.4. The highest BCUT2D eigenvalue weighted by molar-refractivity contribution is 5.89. The first-order chi connectivity index (χ1) is 9.16. The first kappa shape index (κ1) is 11.9. The van der Waals surface area contributed by atoms with Gasteiger partial charge >= 0.3 is 5.97 Å². The van der Waals surface area contributed by atoms with Gasteiger partial charge in [0.2, 0.25) is 0 Å². The van der Waals surface area contributed by atoms with Crippen LogP contribution in [0.2, 0.25) is 0 Å². The zero-order valence-electron chi connectivity index (χ0n) is 10.7. The average Bonchev–Trinajstić information content (AvgIpc) is 2.37. The van der Waals surface area contributed by atoms with Gasteiger partial charge in [-0.2, -0.15) is 0 Å². The predicted octanol–water partition coefficient (Wildman–Crippen LogP) is 1.79. The molecule has 0 saturated carbocycles. The summed E-state index contributed by atoms with van der Waals surface area (Å²) in [5.74, 6) is 0.0761. The van der Waals surface area contributed by atoms with Crippen molar-refractivity contribution < 1.29 is 9.90 Å². The minimum Gasteiger partial charge on any atom is -0.481 e. The lowest BCUT2D eigenvalue weighted by molar-refractivity contribution is -0.143. The number of aromatic nitrogens is 2. The fraction of sp³-hybridized carbons (Fsp3) is 0.357. The van der Waals surface area contributed by atoms with E-state index in [0.717, 1.165) is 29.8 Å². The third-order valence-corrected chi connectivity index (χ3v) is 3.83. The molecule has 2 aromatic rings. The van der Waals surface area contributed by atoms with E-state index in [1.165, 1.54) is 0 Å². The molecular weight excluding hydrogens is 242 g/mol. The summed E-state index contributed by atoms with van der Waals surface area (Å²) in [5.41, 5.74) is 0.919. The SMILES string of the molecule is CC(C(=O)O)C1CN(c2ncnc3ccccc23)C1. The van der Waals surface area contributed by atoms with Crippen LogP contribution < -0.4 is 4.90 Å². The second kappa shape index (κ2) is 4.50. The van der Waals surface area contributed by atoms with Crippen molar-refractivity contribution in [1.82, 2.24) is 9.97 Å². The van der Waals surface area contributed by atoms with E-state index >= 15 is 0 Å². The third kappa shape index (κ3) is 2.01. The molecule has 1 N–H and O–H groups in total. The van der Waals surface area contributed by atoms with Crippen LogP contribution in [0.4, 0.5) is 5.82 Å². The van der Waals surface area contributed by atoms with Crippen LogP contribution in [0.3, 0.4) is 0 Å². The van der Waals surface area contributed by atoms with Gasteiger partial charge < -0.3 is 10.0 Å². The van der Waals surface area contributed by atoms with Crippen molar-refractivity contribution in [3.05, 3.63) is 30.6 Å². The molecule has 3 rings (SSSR count). The van der Waals surface area contributed by atoms with Crippen LogP contribution >= 0.6 is 0 Å². The molecular formula is C14H15N3O2. The molecule has 0 aliphatic carbocycles. The molecule has 5 nitrogen and oxygen atoms in total. The number of carbonyl (C=O) groups is 1. The van der Waals surface area contributed by atoms with Gasteiger partial charge in [-0.05, 0) is 12.1 Å². The molecule has 0 amide bonds. The Morgan fingerprint density at radius 2 is 2.11 bits per heavy atom. The Kier molecular flexibility index (Phi) is 2.81. The standard InChI is InChI=1S/C14H15N3O2/c1-9(14(18)19)10-6-17(7-10)13-11-4-2-3-5-12(11)15-8-16-13/h2-5,8-10H,6-7H2,1H3,(H,18,19). The van der Waals surface area contributed by atoms with E-state index in [-0.39, 0.29) is 11.8 Å². The van der Waals surface area contributed by atoms with E-state index in [9.17, 15) is 4.79 Å². The van der Waals surface area contributed by atoms with Crippen molar-refractivity contribution in [2.45, 2.75) is 6.92 Å². The van der Waals surface area contributed by atoms with Crippen molar-refractivity contribution in [2.75, 3.05) is 18.0 Å². The van der Waals surface area contributed by atoms with Crippen LogP contribution in [0.1, 0.15) is 6.92 Å². The lowest BCUT2D eigenvalue weighted by Crippen LogP contribution is -2.51. The topological polar surface area (TPSA) is 66.3 Å². The maximum atomic E-state index is 10.9. The van der Waals surface area contributed by atoms with Crippen LogP contribution in [-0.2, 0) is 4.79 Å². The van der Waals surface area contributed by atoms with E-state index in [1.807, 2.05) is 24.3 Å². The van der Waals surface area contributed by atoms with Gasteiger partial charge in [0.1, 0.15) is 12.1 Å². The highest BCUT2D eigenvalue weighted by Crippen LogP contribution is 2.31. The number of rotatable bonds is 3. The minimum atomic E-state index is -0.725. The van der Waals surface area contributed by atoms with Gasteiger partial charge in [-0.3, -0.25) is 4.79 Å². The number of fused-ring (bicyclic) bond motifs is 1. The molecule has 1 aliphatic rings. The van der Waals surface area contributed by atoms with Crippen LogP contribution in [0.5, 0.6) is 0 Å². The van der Waals surface area contributed by atoms with Crippen LogP contribution in [-0.4, -0.2) is 34.1 Å². The van der Waals surface area contributed by atoms with Gasteiger partial charge in [-0.1, -0.05) is 19.1 Å². The van der Waals surface area contributed by atoms with Gasteiger partial charge in [0.05, 0.1) is 11.4 Å². The lowest BCUT2D eigenvalue weighted by atomic mass is 9.87. The highest BCUT2D eigenvalue weighted by Gasteiger charge is 2.35. The van der Waals surface area contributed by atoms with Gasteiger partial charge in [0.15, 0.2) is 0 Å². The number of carboxylic acid groups (broad SMARTS) is 1. The number of aliphatic carboxylic acids is 1. The molecule has 0 spiro atoms. The first-order valence-electron chi connectivity index (χ1n) is 6.34. The fourth-order valence-corrected chi connectivity index (χ4v) is 2.45. The fourth-order valence-electron chi connectivity index (χ4n) is 2.45. The maximum Gasteiger partial charge on any atom is 0.306 e. The normalized spacial score (nSPS) is 17.2. The number of benzene rings is 1. The van der Waals surface area contributed by atoms with Crippen LogP contribution in [0.25, 0.3) is 10.9 Å². The minimum absolute atomic E-state index is 0.200. The summed E-state index contributed by atoms with van der Waals surface area (Å²) >= 11 is 0. The largest absolute Gasteiger partial charge is 0.481 e. The van der Waals surface area contributed by atoms with Gasteiger partial charge in [-0.25, -0.2) is 9.97 Å². The second-order valence-corrected chi connectivity index (χ2v) is 5.01. The van der Waals surface area contributed by atoms with Crippen molar-refractivity contribution in [1.29, 1.82) is 0 Å². The molecule has 98 valence electrons. The van der Waals surface area contributed by atoms with Gasteiger partial charge in [0, 0.05) is 24.4 Å². The first-order valence-corrected chi connectivity index (χ1v) is 6.34. The molecule has 0 radical (unpaired) electrons. The summed E-state index contributed by atoms with van der Waals surface area (Å²) < 4.78 is 0. The van der Waals surface area contributed by atoms with Gasteiger partial charge in [0.25, 0.3) is 0 Å². The predicted molar refractivity (Wildman–Crippen MR) is 72.0 cm³/mol. The zero-order valence-corrected chi connectivity index (χ0v) is 10.7. The molecule has 1 unspecified atom stereocenters. The Balaban J connectivity index is 1.83. The number of hydrogen-bond donors (Lipinski definition) is 1. The molecule has 2 heterocycles. The zero-order chi connectivity index (χ0) is 13.4. The van der Waals surface area contributed by atoms with Crippen molar-refractivity contribution in [3.63, 3.8) is 0 Å². The smallest absolute Gasteiger partial charge is 0.306 e. The number of anilines is 1. The van der Waals surface area contributed by atoms with E-state index in [0.29, 0.717) is 0 Å². The summed E-state index contributed by atoms with van der Waals surface area (Å²) in [6, 6.07) is 7.87. The molecule has 1 atom stereocenters. The van der Waals surface area contributed by atoms with Crippen molar-refractivity contribution in [3.8, 4) is 0 Å². The lowest BCUT2D eigenvalue weighted by Gasteiger charge is -2.42. The number of para-hydroxylation sites is 1. The summed E-state index contributed by atoms with van der Waals surface area (Å²) in [5, 5.41) is 10.0. The molecule has 0 bridgehead atoms. The summed E-state index contributed by atoms with van der Waals surface area (Å²) in [7, 11) is 0. The average molecular weight is 257 g/mol. The quantitative estimate of drug-likeness (QED) is 0.908. The molecule has 1 aliphatic heterocycles. The molecule has 1 fully saturated rings. The van der Waals surface area contributed by atoms with Crippen LogP contribution in [0, 0.1) is 11.8 Å². The Morgan fingerprint density at radius 1 is 1.37 bits per heavy atom. The van der Waals surface area contributed by atoms with E-state index in [4.69, 9.17) is 5.11 Å². The maximum absolute atomic E-state index is 10.9. The molecule has 1 aromatic heterocycles. The molecule has 5 heteroatoms. The Morgan fingerprint density at radius 3 is 2.84 bits per heavy atom. The van der Waals surface area contributed by atoms with Crippen LogP contribution in [0.15, 0.2) is 30.6 Å². The van der Waals surface area contributed by atoms with E-state index in [2.05, 4.69) is 14.9 Å². The molecule has 1 saturated heterocycles. The monoisotopic (exact) mass is 257 g/mol. The van der Waals surface area contributed by atoms with Crippen molar-refractivity contribution >= 4 is 22.7 Å². The third-order valence-electron chi connectivity index (χ3n) is 3.83. The Bertz CT molecular complexity index is 618. The summed E-state index contributed by atoms with van der Waals surface area (Å²) in [4.78, 5) is 21.6. The number of nitrogens with zero attached hydrogens (tertiary/aromatic N) is 3. The molecule has 1 aromatic carbocycles. The van der Waals surface area contributed by atoms with E-state index in [1.54, 1.807) is 13.3 Å². The van der Waals surface area contributed by atoms with Crippen molar-refractivity contribution in [2.24, 2.45) is 11.8 Å². The second-order valence-electron chi connectivity index (χ2n) is 5.01. The van der Waals surface area contributed by atoms with E-state index < -0.39 is 5.97 Å².